The predicted molar refractivity (Wildman–Crippen MR) is 74.4 cm³/mol. The number of hydrogen-bond donors (Lipinski definition) is 1. The molecule has 9 heteroatoms. The maximum atomic E-state index is 12.0. The molecule has 21 heavy (non-hydrogen) atoms. The maximum Gasteiger partial charge on any atom is 0.260 e. The molecule has 0 saturated carbocycles. The van der Waals surface area contributed by atoms with E-state index in [0.717, 1.165) is 5.56 Å². The molecule has 108 valence electrons. The molecule has 2 amide bonds. The summed E-state index contributed by atoms with van der Waals surface area (Å²) in [4.78, 5) is 23.9. The van der Waals surface area contributed by atoms with E-state index in [4.69, 9.17) is 0 Å². The van der Waals surface area contributed by atoms with Gasteiger partial charge in [-0.05, 0) is 16.0 Å². The van der Waals surface area contributed by atoms with Crippen LogP contribution >= 0.6 is 11.8 Å². The molecule has 1 atom stereocenters. The summed E-state index contributed by atoms with van der Waals surface area (Å²) in [6.07, 6.45) is 1.34. The molecule has 0 radical (unpaired) electrons. The molecule has 3 rings (SSSR count). The summed E-state index contributed by atoms with van der Waals surface area (Å²) in [6.45, 7) is -0.0387. The van der Waals surface area contributed by atoms with Crippen molar-refractivity contribution in [1.82, 2.24) is 30.6 Å². The van der Waals surface area contributed by atoms with Crippen molar-refractivity contribution in [2.45, 2.75) is 11.9 Å². The van der Waals surface area contributed by atoms with E-state index in [1.807, 2.05) is 30.3 Å². The summed E-state index contributed by atoms with van der Waals surface area (Å²) < 4.78 is 1.29. The third-order valence-electron chi connectivity index (χ3n) is 2.89. The van der Waals surface area contributed by atoms with E-state index in [1.54, 1.807) is 0 Å². The van der Waals surface area contributed by atoms with Gasteiger partial charge in [0, 0.05) is 0 Å². The van der Waals surface area contributed by atoms with Gasteiger partial charge in [0.15, 0.2) is 0 Å². The van der Waals surface area contributed by atoms with Crippen molar-refractivity contribution in [1.29, 1.82) is 0 Å². The Morgan fingerprint density at radius 3 is 2.90 bits per heavy atom. The standard InChI is InChI=1S/C12H12N6O2S/c19-10(6-17-8-13-15-16-17)14-18-11(20)7-21-12(18)9-4-2-1-3-5-9/h1-5,8,12H,6-7H2,(H,14,19). The van der Waals surface area contributed by atoms with E-state index < -0.39 is 0 Å². The van der Waals surface area contributed by atoms with Gasteiger partial charge in [-0.2, -0.15) is 0 Å². The van der Waals surface area contributed by atoms with E-state index in [0.29, 0.717) is 5.75 Å². The van der Waals surface area contributed by atoms with Crippen molar-refractivity contribution in [3.63, 3.8) is 0 Å². The summed E-state index contributed by atoms with van der Waals surface area (Å²) in [5, 5.41) is 11.7. The van der Waals surface area contributed by atoms with Gasteiger partial charge < -0.3 is 0 Å². The Kier molecular flexibility index (Phi) is 3.82. The largest absolute Gasteiger partial charge is 0.272 e. The Morgan fingerprint density at radius 1 is 1.38 bits per heavy atom. The van der Waals surface area contributed by atoms with E-state index in [-0.39, 0.29) is 23.7 Å². The lowest BCUT2D eigenvalue weighted by Crippen LogP contribution is -2.45. The first-order chi connectivity index (χ1) is 10.2. The molecule has 8 nitrogen and oxygen atoms in total. The van der Waals surface area contributed by atoms with Gasteiger partial charge in [-0.25, -0.2) is 9.69 Å². The van der Waals surface area contributed by atoms with Crippen molar-refractivity contribution < 1.29 is 9.59 Å². The van der Waals surface area contributed by atoms with Gasteiger partial charge in [-0.1, -0.05) is 30.3 Å². The fourth-order valence-corrected chi connectivity index (χ4v) is 3.09. The molecule has 1 aliphatic heterocycles. The van der Waals surface area contributed by atoms with Crippen LogP contribution in [0.5, 0.6) is 0 Å². The fourth-order valence-electron chi connectivity index (χ4n) is 1.98. The van der Waals surface area contributed by atoms with Crippen LogP contribution in [-0.2, 0) is 16.1 Å². The zero-order valence-corrected chi connectivity index (χ0v) is 11.7. The third kappa shape index (κ3) is 3.02. The lowest BCUT2D eigenvalue weighted by Gasteiger charge is -2.24. The molecule has 1 unspecified atom stereocenters. The number of hydrazine groups is 1. The lowest BCUT2D eigenvalue weighted by atomic mass is 10.2. The normalized spacial score (nSPS) is 18.0. The summed E-state index contributed by atoms with van der Waals surface area (Å²) >= 11 is 1.48. The number of carbonyl (C=O) groups excluding carboxylic acids is 2. The Morgan fingerprint density at radius 2 is 2.19 bits per heavy atom. The monoisotopic (exact) mass is 304 g/mol. The van der Waals surface area contributed by atoms with E-state index in [9.17, 15) is 9.59 Å². The highest BCUT2D eigenvalue weighted by Gasteiger charge is 2.34. The van der Waals surface area contributed by atoms with Crippen LogP contribution in [0, 0.1) is 0 Å². The maximum absolute atomic E-state index is 12.0. The van der Waals surface area contributed by atoms with Crippen LogP contribution in [0.4, 0.5) is 0 Å². The molecule has 1 aromatic carbocycles. The number of benzene rings is 1. The van der Waals surface area contributed by atoms with Gasteiger partial charge in [0.25, 0.3) is 11.8 Å². The van der Waals surface area contributed by atoms with Crippen LogP contribution in [0.3, 0.4) is 0 Å². The summed E-state index contributed by atoms with van der Waals surface area (Å²) in [6, 6.07) is 9.57. The number of carbonyl (C=O) groups is 2. The lowest BCUT2D eigenvalue weighted by molar-refractivity contribution is -0.139. The van der Waals surface area contributed by atoms with Gasteiger partial charge in [0.1, 0.15) is 18.2 Å². The quantitative estimate of drug-likeness (QED) is 0.853. The number of aromatic nitrogens is 4. The number of thioether (sulfide) groups is 1. The van der Waals surface area contributed by atoms with Crippen LogP contribution in [0.25, 0.3) is 0 Å². The number of rotatable bonds is 4. The topological polar surface area (TPSA) is 93.0 Å². The summed E-state index contributed by atoms with van der Waals surface area (Å²) in [5.74, 6) is -0.136. The number of tetrazole rings is 1. The van der Waals surface area contributed by atoms with Crippen LogP contribution in [0.1, 0.15) is 10.9 Å². The molecular formula is C12H12N6O2S. The van der Waals surface area contributed by atoms with Gasteiger partial charge in [0.05, 0.1) is 5.75 Å². The van der Waals surface area contributed by atoms with Crippen molar-refractivity contribution in [3.05, 3.63) is 42.2 Å². The highest BCUT2D eigenvalue weighted by molar-refractivity contribution is 8.00. The molecule has 1 N–H and O–H groups in total. The molecule has 2 heterocycles. The van der Waals surface area contributed by atoms with Crippen molar-refractivity contribution in [2.24, 2.45) is 0 Å². The molecule has 0 bridgehead atoms. The zero-order chi connectivity index (χ0) is 14.7. The van der Waals surface area contributed by atoms with Crippen LogP contribution < -0.4 is 5.43 Å². The first-order valence-electron chi connectivity index (χ1n) is 6.23. The minimum Gasteiger partial charge on any atom is -0.272 e. The molecule has 1 aromatic heterocycles. The molecule has 1 aliphatic rings. The van der Waals surface area contributed by atoms with E-state index in [1.165, 1.54) is 27.8 Å². The number of hydrogen-bond acceptors (Lipinski definition) is 6. The molecule has 2 aromatic rings. The number of amides is 2. The summed E-state index contributed by atoms with van der Waals surface area (Å²) in [7, 11) is 0. The SMILES string of the molecule is O=C(Cn1cnnn1)NN1C(=O)CSC1c1ccccc1. The predicted octanol–water partition coefficient (Wildman–Crippen LogP) is -0.0215. The Labute approximate surface area is 124 Å². The van der Waals surface area contributed by atoms with Gasteiger partial charge in [-0.15, -0.1) is 16.9 Å². The van der Waals surface area contributed by atoms with Crippen LogP contribution in [0.2, 0.25) is 0 Å². The van der Waals surface area contributed by atoms with Crippen molar-refractivity contribution in [2.75, 3.05) is 5.75 Å². The number of nitrogens with one attached hydrogen (secondary N) is 1. The third-order valence-corrected chi connectivity index (χ3v) is 4.11. The first kappa shape index (κ1) is 13.6. The Balaban J connectivity index is 1.70. The second kappa shape index (κ2) is 5.92. The van der Waals surface area contributed by atoms with Crippen molar-refractivity contribution in [3.8, 4) is 0 Å². The van der Waals surface area contributed by atoms with Gasteiger partial charge >= 0.3 is 0 Å². The Bertz CT molecular complexity index is 632. The second-order valence-electron chi connectivity index (χ2n) is 4.38. The minimum atomic E-state index is -0.348. The second-order valence-corrected chi connectivity index (χ2v) is 5.45. The molecule has 1 fully saturated rings. The van der Waals surface area contributed by atoms with Crippen LogP contribution in [0.15, 0.2) is 36.7 Å². The average molecular weight is 304 g/mol. The molecule has 0 aliphatic carbocycles. The highest BCUT2D eigenvalue weighted by atomic mass is 32.2. The summed E-state index contributed by atoms with van der Waals surface area (Å²) in [5.41, 5.74) is 3.59. The highest BCUT2D eigenvalue weighted by Crippen LogP contribution is 2.36. The first-order valence-corrected chi connectivity index (χ1v) is 7.28. The molecule has 0 spiro atoms. The van der Waals surface area contributed by atoms with Crippen LogP contribution in [-0.4, -0.2) is 42.8 Å². The van der Waals surface area contributed by atoms with Gasteiger partial charge in [-0.3, -0.25) is 15.0 Å². The zero-order valence-electron chi connectivity index (χ0n) is 10.9. The fraction of sp³-hybridized carbons (Fsp3) is 0.250. The Hall–Kier alpha value is -2.42. The number of nitrogens with zero attached hydrogens (tertiary/aromatic N) is 5. The van der Waals surface area contributed by atoms with Gasteiger partial charge in [0.2, 0.25) is 0 Å². The smallest absolute Gasteiger partial charge is 0.260 e. The molecule has 1 saturated heterocycles. The minimum absolute atomic E-state index is 0.0387. The van der Waals surface area contributed by atoms with E-state index >= 15 is 0 Å². The molecular weight excluding hydrogens is 292 g/mol. The average Bonchev–Trinajstić information content (AvgIpc) is 3.11. The van der Waals surface area contributed by atoms with Crippen molar-refractivity contribution >= 4 is 23.6 Å². The van der Waals surface area contributed by atoms with E-state index in [2.05, 4.69) is 21.0 Å².